The zero-order valence-corrected chi connectivity index (χ0v) is 18.1. The molecule has 0 fully saturated rings. The van der Waals surface area contributed by atoms with Gasteiger partial charge in [-0.25, -0.2) is 0 Å². The maximum atomic E-state index is 10.2. The average Bonchev–Trinajstić information content (AvgIpc) is 3.43. The number of thiophene rings is 1. The molecule has 0 aliphatic carbocycles. The molecule has 0 spiro atoms. The lowest BCUT2D eigenvalue weighted by atomic mass is 10.1. The van der Waals surface area contributed by atoms with Gasteiger partial charge in [0.2, 0.25) is 5.13 Å². The number of hydrogen-bond acceptors (Lipinski definition) is 8. The van der Waals surface area contributed by atoms with Crippen molar-refractivity contribution in [3.63, 3.8) is 0 Å². The second-order valence-electron chi connectivity index (χ2n) is 6.41. The van der Waals surface area contributed by atoms with E-state index < -0.39 is 6.10 Å². The predicted molar refractivity (Wildman–Crippen MR) is 123 cm³/mol. The number of anilines is 1. The van der Waals surface area contributed by atoms with E-state index in [1.54, 1.807) is 11.3 Å². The molecule has 0 saturated carbocycles. The molecule has 150 valence electrons. The summed E-state index contributed by atoms with van der Waals surface area (Å²) < 4.78 is 6.59. The number of nitrogens with zero attached hydrogens (tertiary/aromatic N) is 2. The Morgan fingerprint density at radius 3 is 2.83 bits per heavy atom. The van der Waals surface area contributed by atoms with Crippen molar-refractivity contribution in [3.05, 3.63) is 64.9 Å². The SMILES string of the molecule is OC(COc1ccc2ccccc2c1)CSc1nnc(NCCc2cccs2)s1. The standard InChI is InChI=1S/C21H21N3O2S3/c25-17(13-26-18-8-7-15-4-1-2-5-16(15)12-18)14-28-21-24-23-20(29-21)22-10-9-19-6-3-11-27-19/h1-8,11-12,17,25H,9-10,13-14H2,(H,22,23). The molecule has 2 aromatic heterocycles. The van der Waals surface area contributed by atoms with Gasteiger partial charge in [0.15, 0.2) is 4.34 Å². The third-order valence-corrected chi connectivity index (χ3v) is 7.29. The molecule has 2 aromatic carbocycles. The van der Waals surface area contributed by atoms with Gasteiger partial charge in [0.05, 0.1) is 6.10 Å². The molecule has 0 aliphatic heterocycles. The highest BCUT2D eigenvalue weighted by Crippen LogP contribution is 2.26. The summed E-state index contributed by atoms with van der Waals surface area (Å²) in [4.78, 5) is 1.35. The van der Waals surface area contributed by atoms with E-state index in [4.69, 9.17) is 4.74 Å². The summed E-state index contributed by atoms with van der Waals surface area (Å²) in [5.74, 6) is 1.28. The number of aliphatic hydroxyl groups excluding tert-OH is 1. The summed E-state index contributed by atoms with van der Waals surface area (Å²) in [6, 6.07) is 18.3. The minimum atomic E-state index is -0.578. The molecule has 0 bridgehead atoms. The van der Waals surface area contributed by atoms with Gasteiger partial charge in [-0.1, -0.05) is 59.5 Å². The van der Waals surface area contributed by atoms with E-state index in [9.17, 15) is 5.11 Å². The average molecular weight is 444 g/mol. The van der Waals surface area contributed by atoms with E-state index in [2.05, 4.69) is 45.2 Å². The van der Waals surface area contributed by atoms with Crippen LogP contribution >= 0.6 is 34.4 Å². The number of rotatable bonds is 10. The van der Waals surface area contributed by atoms with Crippen molar-refractivity contribution in [2.75, 3.05) is 24.2 Å². The van der Waals surface area contributed by atoms with Crippen molar-refractivity contribution in [2.24, 2.45) is 0 Å². The van der Waals surface area contributed by atoms with Crippen LogP contribution in [0.5, 0.6) is 5.75 Å². The molecule has 0 radical (unpaired) electrons. The minimum Gasteiger partial charge on any atom is -0.491 e. The van der Waals surface area contributed by atoms with Crippen LogP contribution < -0.4 is 10.1 Å². The maximum absolute atomic E-state index is 10.2. The quantitative estimate of drug-likeness (QED) is 0.339. The number of hydrogen-bond donors (Lipinski definition) is 2. The molecule has 0 amide bonds. The van der Waals surface area contributed by atoms with E-state index in [0.29, 0.717) is 5.75 Å². The zero-order valence-electron chi connectivity index (χ0n) is 15.7. The summed E-state index contributed by atoms with van der Waals surface area (Å²) in [5.41, 5.74) is 0. The van der Waals surface area contributed by atoms with E-state index in [0.717, 1.165) is 33.6 Å². The minimum absolute atomic E-state index is 0.246. The van der Waals surface area contributed by atoms with Gasteiger partial charge in [0.1, 0.15) is 12.4 Å². The lowest BCUT2D eigenvalue weighted by molar-refractivity contribution is 0.126. The first-order valence-corrected chi connectivity index (χ1v) is 12.0. The van der Waals surface area contributed by atoms with Crippen LogP contribution in [0.4, 0.5) is 5.13 Å². The van der Waals surface area contributed by atoms with Crippen LogP contribution in [-0.4, -0.2) is 40.3 Å². The third-order valence-electron chi connectivity index (χ3n) is 4.20. The summed E-state index contributed by atoms with van der Waals surface area (Å²) in [6.07, 6.45) is 0.399. The summed E-state index contributed by atoms with van der Waals surface area (Å²) in [5, 5.41) is 27.1. The van der Waals surface area contributed by atoms with Gasteiger partial charge < -0.3 is 15.2 Å². The number of fused-ring (bicyclic) bond motifs is 1. The number of ether oxygens (including phenoxy) is 1. The first-order chi connectivity index (χ1) is 14.3. The van der Waals surface area contributed by atoms with E-state index in [1.807, 2.05) is 30.3 Å². The molecule has 2 heterocycles. The fourth-order valence-corrected chi connectivity index (χ4v) is 5.17. The van der Waals surface area contributed by atoms with Crippen molar-refractivity contribution in [2.45, 2.75) is 16.9 Å². The molecule has 8 heteroatoms. The molecule has 1 atom stereocenters. The molecule has 5 nitrogen and oxygen atoms in total. The Kier molecular flexibility index (Phi) is 7.00. The fraction of sp³-hybridized carbons (Fsp3) is 0.238. The van der Waals surface area contributed by atoms with E-state index in [-0.39, 0.29) is 6.61 Å². The van der Waals surface area contributed by atoms with Crippen molar-refractivity contribution in [1.82, 2.24) is 10.2 Å². The summed E-state index contributed by atoms with van der Waals surface area (Å²) in [7, 11) is 0. The van der Waals surface area contributed by atoms with Gasteiger partial charge >= 0.3 is 0 Å². The van der Waals surface area contributed by atoms with Crippen molar-refractivity contribution < 1.29 is 9.84 Å². The Balaban J connectivity index is 1.19. The Hall–Kier alpha value is -2.13. The van der Waals surface area contributed by atoms with Crippen LogP contribution in [0.3, 0.4) is 0 Å². The molecular formula is C21H21N3O2S3. The van der Waals surface area contributed by atoms with Gasteiger partial charge in [-0.05, 0) is 40.8 Å². The first kappa shape index (κ1) is 20.2. The molecule has 0 saturated heterocycles. The van der Waals surface area contributed by atoms with Gasteiger partial charge in [-0.3, -0.25) is 0 Å². The second kappa shape index (κ2) is 10.1. The van der Waals surface area contributed by atoms with Crippen LogP contribution in [0.15, 0.2) is 64.3 Å². The van der Waals surface area contributed by atoms with Gasteiger partial charge in [0, 0.05) is 17.2 Å². The lowest BCUT2D eigenvalue weighted by Gasteiger charge is -2.11. The van der Waals surface area contributed by atoms with Crippen LogP contribution in [0.25, 0.3) is 10.8 Å². The highest BCUT2D eigenvalue weighted by molar-refractivity contribution is 8.01. The van der Waals surface area contributed by atoms with Gasteiger partial charge in [-0.15, -0.1) is 21.5 Å². The first-order valence-electron chi connectivity index (χ1n) is 9.28. The van der Waals surface area contributed by atoms with Gasteiger partial charge in [-0.2, -0.15) is 0 Å². The van der Waals surface area contributed by atoms with Crippen LogP contribution in [0.1, 0.15) is 4.88 Å². The van der Waals surface area contributed by atoms with Crippen LogP contribution in [-0.2, 0) is 6.42 Å². The Labute approximate surface area is 181 Å². The van der Waals surface area contributed by atoms with E-state index in [1.165, 1.54) is 33.4 Å². The smallest absolute Gasteiger partial charge is 0.206 e. The molecule has 4 rings (SSSR count). The molecule has 4 aromatic rings. The zero-order chi connectivity index (χ0) is 19.9. The number of aliphatic hydroxyl groups is 1. The number of benzene rings is 2. The third kappa shape index (κ3) is 5.93. The van der Waals surface area contributed by atoms with Crippen LogP contribution in [0, 0.1) is 0 Å². The molecule has 2 N–H and O–H groups in total. The van der Waals surface area contributed by atoms with Gasteiger partial charge in [0.25, 0.3) is 0 Å². The number of aromatic nitrogens is 2. The molecule has 0 aliphatic rings. The molecule has 1 unspecified atom stereocenters. The number of nitrogens with one attached hydrogen (secondary N) is 1. The molecule has 29 heavy (non-hydrogen) atoms. The monoisotopic (exact) mass is 443 g/mol. The normalized spacial score (nSPS) is 12.2. The predicted octanol–water partition coefficient (Wildman–Crippen LogP) is 4.94. The van der Waals surface area contributed by atoms with Crippen molar-refractivity contribution in [3.8, 4) is 5.75 Å². The Morgan fingerprint density at radius 2 is 1.97 bits per heavy atom. The second-order valence-corrected chi connectivity index (χ2v) is 9.69. The van der Waals surface area contributed by atoms with E-state index >= 15 is 0 Å². The van der Waals surface area contributed by atoms with Crippen molar-refractivity contribution >= 4 is 50.3 Å². The highest BCUT2D eigenvalue weighted by atomic mass is 32.2. The summed E-state index contributed by atoms with van der Waals surface area (Å²) >= 11 is 4.77. The lowest BCUT2D eigenvalue weighted by Crippen LogP contribution is -2.20. The maximum Gasteiger partial charge on any atom is 0.206 e. The Bertz CT molecular complexity index is 1040. The highest BCUT2D eigenvalue weighted by Gasteiger charge is 2.10. The topological polar surface area (TPSA) is 67.3 Å². The largest absolute Gasteiger partial charge is 0.491 e. The summed E-state index contributed by atoms with van der Waals surface area (Å²) in [6.45, 7) is 1.08. The van der Waals surface area contributed by atoms with Crippen molar-refractivity contribution in [1.29, 1.82) is 0 Å². The Morgan fingerprint density at radius 1 is 1.07 bits per heavy atom. The number of thioether (sulfide) groups is 1. The van der Waals surface area contributed by atoms with Crippen LogP contribution in [0.2, 0.25) is 0 Å². The fourth-order valence-electron chi connectivity index (χ4n) is 2.75. The molecular weight excluding hydrogens is 422 g/mol.